The van der Waals surface area contributed by atoms with Crippen LogP contribution in [-0.2, 0) is 4.74 Å². The van der Waals surface area contributed by atoms with Gasteiger partial charge >= 0.3 is 0 Å². The molecule has 0 aromatic heterocycles. The van der Waals surface area contributed by atoms with Crippen LogP contribution in [0.5, 0.6) is 28.7 Å². The van der Waals surface area contributed by atoms with Crippen LogP contribution in [0.2, 0.25) is 0 Å². The van der Waals surface area contributed by atoms with Crippen LogP contribution in [0.25, 0.3) is 0 Å². The molecule has 0 saturated heterocycles. The van der Waals surface area contributed by atoms with Crippen molar-refractivity contribution in [1.82, 2.24) is 0 Å². The van der Waals surface area contributed by atoms with Crippen LogP contribution in [0, 0.1) is 0 Å². The Bertz CT molecular complexity index is 1090. The van der Waals surface area contributed by atoms with Crippen LogP contribution in [0.1, 0.15) is 40.2 Å². The van der Waals surface area contributed by atoms with E-state index in [-0.39, 0.29) is 17.9 Å². The molecule has 4 rings (SSSR count). The van der Waals surface area contributed by atoms with Gasteiger partial charge < -0.3 is 28.4 Å². The third-order valence-corrected chi connectivity index (χ3v) is 6.39. The molecule has 6 heteroatoms. The number of methoxy groups -OCH3 is 6. The Kier molecular flexibility index (Phi) is 6.65. The monoisotopic (exact) mass is 450 g/mol. The Balaban J connectivity index is 1.98. The topological polar surface area (TPSA) is 55.4 Å². The van der Waals surface area contributed by atoms with Gasteiger partial charge in [0.05, 0.1) is 41.7 Å². The lowest BCUT2D eigenvalue weighted by molar-refractivity contribution is 0.0848. The fourth-order valence-electron chi connectivity index (χ4n) is 4.87. The van der Waals surface area contributed by atoms with Crippen LogP contribution < -0.4 is 23.7 Å². The second kappa shape index (κ2) is 9.63. The third kappa shape index (κ3) is 4.07. The highest BCUT2D eigenvalue weighted by Gasteiger charge is 2.45. The van der Waals surface area contributed by atoms with Crippen LogP contribution in [0.3, 0.4) is 0 Å². The number of ether oxygens (including phenoxy) is 6. The lowest BCUT2D eigenvalue weighted by Crippen LogP contribution is -2.14. The summed E-state index contributed by atoms with van der Waals surface area (Å²) < 4.78 is 34.1. The average molecular weight is 451 g/mol. The van der Waals surface area contributed by atoms with Crippen molar-refractivity contribution in [2.24, 2.45) is 0 Å². The largest absolute Gasteiger partial charge is 0.497 e. The molecule has 0 N–H and O–H groups in total. The van der Waals surface area contributed by atoms with Gasteiger partial charge in [0.15, 0.2) is 0 Å². The molecular weight excluding hydrogens is 420 g/mol. The molecule has 0 bridgehead atoms. The SMILES string of the molecule is COc1ccc([C@H]2c3c(OC)cc(OC)cc3[C@@H](OC)C2c2cc(OC)cc(OC)c2)cc1. The molecule has 0 amide bonds. The molecule has 0 spiro atoms. The molecule has 3 aromatic carbocycles. The van der Waals surface area contributed by atoms with Gasteiger partial charge in [0, 0.05) is 36.6 Å². The van der Waals surface area contributed by atoms with E-state index in [2.05, 4.69) is 12.1 Å². The van der Waals surface area contributed by atoms with E-state index in [1.807, 2.05) is 42.5 Å². The van der Waals surface area contributed by atoms with Crippen molar-refractivity contribution in [1.29, 1.82) is 0 Å². The Morgan fingerprint density at radius 2 is 1.12 bits per heavy atom. The van der Waals surface area contributed by atoms with Crippen LogP contribution in [0.4, 0.5) is 0 Å². The van der Waals surface area contributed by atoms with Gasteiger partial charge in [-0.1, -0.05) is 12.1 Å². The van der Waals surface area contributed by atoms with Gasteiger partial charge in [0.25, 0.3) is 0 Å². The van der Waals surface area contributed by atoms with Gasteiger partial charge in [-0.05, 0) is 47.0 Å². The molecule has 1 aliphatic rings. The van der Waals surface area contributed by atoms with Crippen molar-refractivity contribution in [3.8, 4) is 28.7 Å². The minimum absolute atomic E-state index is 0.0338. The third-order valence-electron chi connectivity index (χ3n) is 6.39. The molecule has 6 nitrogen and oxygen atoms in total. The first kappa shape index (κ1) is 22.8. The van der Waals surface area contributed by atoms with Crippen molar-refractivity contribution in [3.05, 3.63) is 76.9 Å². The maximum absolute atomic E-state index is 6.13. The summed E-state index contributed by atoms with van der Waals surface area (Å²) in [7, 11) is 10.1. The summed E-state index contributed by atoms with van der Waals surface area (Å²) in [5, 5.41) is 0. The Morgan fingerprint density at radius 3 is 1.64 bits per heavy atom. The van der Waals surface area contributed by atoms with Gasteiger partial charge in [0.1, 0.15) is 28.7 Å². The van der Waals surface area contributed by atoms with Gasteiger partial charge in [-0.15, -0.1) is 0 Å². The molecule has 0 saturated carbocycles. The first-order valence-corrected chi connectivity index (χ1v) is 10.7. The number of hydrogen-bond donors (Lipinski definition) is 0. The van der Waals surface area contributed by atoms with E-state index in [9.17, 15) is 0 Å². The number of fused-ring (bicyclic) bond motifs is 1. The molecule has 174 valence electrons. The van der Waals surface area contributed by atoms with E-state index < -0.39 is 0 Å². The zero-order valence-corrected chi connectivity index (χ0v) is 19.9. The first-order chi connectivity index (χ1) is 16.1. The van der Waals surface area contributed by atoms with Crippen molar-refractivity contribution >= 4 is 0 Å². The minimum Gasteiger partial charge on any atom is -0.497 e. The predicted molar refractivity (Wildman–Crippen MR) is 126 cm³/mol. The summed E-state index contributed by atoms with van der Waals surface area (Å²) in [4.78, 5) is 0. The number of rotatable bonds is 8. The van der Waals surface area contributed by atoms with Crippen molar-refractivity contribution in [2.45, 2.75) is 17.9 Å². The van der Waals surface area contributed by atoms with Gasteiger partial charge in [-0.3, -0.25) is 0 Å². The maximum Gasteiger partial charge on any atom is 0.126 e. The minimum atomic E-state index is -0.229. The Labute approximate surface area is 195 Å². The molecule has 3 aromatic rings. The summed E-state index contributed by atoms with van der Waals surface area (Å²) in [6, 6.07) is 18.1. The van der Waals surface area contributed by atoms with Crippen LogP contribution >= 0.6 is 0 Å². The number of hydrogen-bond acceptors (Lipinski definition) is 6. The van der Waals surface area contributed by atoms with E-state index in [0.29, 0.717) is 0 Å². The standard InChI is InChI=1S/C27H30O6/c1-28-18-9-7-16(8-10-18)24-25(17-11-19(29-2)13-20(12-17)30-3)27(33-6)22-14-21(31-4)15-23(32-5)26(22)24/h7-15,24-25,27H,1-6H3/t24-,25?,27-/m1/s1. The van der Waals surface area contributed by atoms with Gasteiger partial charge in [-0.2, -0.15) is 0 Å². The quantitative estimate of drug-likeness (QED) is 0.461. The summed E-state index contributed by atoms with van der Waals surface area (Å²) in [6.45, 7) is 0. The highest BCUT2D eigenvalue weighted by molar-refractivity contribution is 5.60. The lowest BCUT2D eigenvalue weighted by Gasteiger charge is -2.27. The highest BCUT2D eigenvalue weighted by atomic mass is 16.5. The van der Waals surface area contributed by atoms with Crippen LogP contribution in [0.15, 0.2) is 54.6 Å². The zero-order valence-electron chi connectivity index (χ0n) is 19.9. The van der Waals surface area contributed by atoms with Crippen molar-refractivity contribution < 1.29 is 28.4 Å². The second-order valence-electron chi connectivity index (χ2n) is 7.91. The Hall–Kier alpha value is -3.38. The van der Waals surface area contributed by atoms with Crippen LogP contribution in [-0.4, -0.2) is 42.7 Å². The first-order valence-electron chi connectivity index (χ1n) is 10.7. The van der Waals surface area contributed by atoms with Gasteiger partial charge in [0.2, 0.25) is 0 Å². The van der Waals surface area contributed by atoms with E-state index in [1.54, 1.807) is 42.7 Å². The maximum atomic E-state index is 6.13. The molecule has 1 unspecified atom stereocenters. The average Bonchev–Trinajstić information content (AvgIpc) is 3.21. The normalized spacial score (nSPS) is 19.0. The van der Waals surface area contributed by atoms with E-state index >= 15 is 0 Å². The molecule has 3 atom stereocenters. The molecule has 33 heavy (non-hydrogen) atoms. The lowest BCUT2D eigenvalue weighted by atomic mass is 9.80. The zero-order chi connectivity index (χ0) is 23.5. The molecule has 0 heterocycles. The van der Waals surface area contributed by atoms with Crippen molar-refractivity contribution in [2.75, 3.05) is 42.7 Å². The van der Waals surface area contributed by atoms with E-state index in [0.717, 1.165) is 51.0 Å². The molecule has 1 aliphatic carbocycles. The summed E-state index contributed by atoms with van der Waals surface area (Å²) in [6.07, 6.45) is -0.229. The molecule has 0 aliphatic heterocycles. The fraction of sp³-hybridized carbons (Fsp3) is 0.333. The summed E-state index contributed by atoms with van der Waals surface area (Å²) >= 11 is 0. The van der Waals surface area contributed by atoms with E-state index in [4.69, 9.17) is 28.4 Å². The fourth-order valence-corrected chi connectivity index (χ4v) is 4.87. The predicted octanol–water partition coefficient (Wildman–Crippen LogP) is 5.35. The smallest absolute Gasteiger partial charge is 0.126 e. The molecule has 0 fully saturated rings. The second-order valence-corrected chi connectivity index (χ2v) is 7.91. The summed E-state index contributed by atoms with van der Waals surface area (Å²) in [5.74, 6) is 3.68. The Morgan fingerprint density at radius 1 is 0.545 bits per heavy atom. The van der Waals surface area contributed by atoms with E-state index in [1.165, 1.54) is 0 Å². The van der Waals surface area contributed by atoms with Crippen molar-refractivity contribution in [3.63, 3.8) is 0 Å². The highest BCUT2D eigenvalue weighted by Crippen LogP contribution is 2.59. The molecule has 0 radical (unpaired) electrons. The summed E-state index contributed by atoms with van der Waals surface area (Å²) in [5.41, 5.74) is 4.31. The number of benzene rings is 3. The van der Waals surface area contributed by atoms with Gasteiger partial charge in [-0.25, -0.2) is 0 Å². The molecular formula is C27H30O6.